The number of hydrogen-bond acceptors (Lipinski definition) is 6. The Bertz CT molecular complexity index is 935. The first-order valence-corrected chi connectivity index (χ1v) is 12.2. The van der Waals surface area contributed by atoms with Crippen molar-refractivity contribution in [2.45, 2.75) is 32.2 Å². The molecule has 1 aromatic carbocycles. The molecule has 0 unspecified atom stereocenters. The Kier molecular flexibility index (Phi) is 8.81. The van der Waals surface area contributed by atoms with Crippen LogP contribution in [0.3, 0.4) is 0 Å². The molecule has 7 nitrogen and oxygen atoms in total. The number of nitrogens with zero attached hydrogens (tertiary/aromatic N) is 4. The Morgan fingerprint density at radius 1 is 1.10 bits per heavy atom. The van der Waals surface area contributed by atoms with E-state index in [-0.39, 0.29) is 23.2 Å². The van der Waals surface area contributed by atoms with Gasteiger partial charge in [0, 0.05) is 55.9 Å². The minimum Gasteiger partial charge on any atom is -0.336 e. The monoisotopic (exact) mass is 472 g/mol. The van der Waals surface area contributed by atoms with Crippen molar-refractivity contribution < 1.29 is 13.2 Å². The van der Waals surface area contributed by atoms with Gasteiger partial charge in [0.15, 0.2) is 0 Å². The van der Waals surface area contributed by atoms with Crippen LogP contribution in [0.25, 0.3) is 0 Å². The zero-order chi connectivity index (χ0) is 21.0. The van der Waals surface area contributed by atoms with Gasteiger partial charge in [-0.3, -0.25) is 9.69 Å². The van der Waals surface area contributed by atoms with Crippen LogP contribution in [-0.2, 0) is 16.6 Å². The molecule has 1 aromatic heterocycles. The van der Waals surface area contributed by atoms with Crippen molar-refractivity contribution in [3.63, 3.8) is 0 Å². The third kappa shape index (κ3) is 5.59. The highest BCUT2D eigenvalue weighted by Crippen LogP contribution is 2.18. The number of rotatable bonds is 7. The van der Waals surface area contributed by atoms with Gasteiger partial charge in [-0.25, -0.2) is 13.4 Å². The average molecular weight is 473 g/mol. The summed E-state index contributed by atoms with van der Waals surface area (Å²) in [6.07, 6.45) is 0. The van der Waals surface area contributed by atoms with Crippen molar-refractivity contribution in [1.82, 2.24) is 19.1 Å². The van der Waals surface area contributed by atoms with E-state index in [0.29, 0.717) is 31.7 Å². The number of aromatic nitrogens is 1. The second kappa shape index (κ2) is 10.7. The minimum absolute atomic E-state index is 0. The summed E-state index contributed by atoms with van der Waals surface area (Å²) in [5.41, 5.74) is 1.57. The van der Waals surface area contributed by atoms with Gasteiger partial charge in [-0.05, 0) is 31.2 Å². The molecule has 0 atom stereocenters. The Morgan fingerprint density at radius 3 is 2.20 bits per heavy atom. The highest BCUT2D eigenvalue weighted by molar-refractivity contribution is 7.89. The third-order valence-corrected chi connectivity index (χ3v) is 8.14. The number of amides is 1. The number of hydrogen-bond donors (Lipinski definition) is 0. The molecule has 3 rings (SSSR count). The van der Waals surface area contributed by atoms with E-state index >= 15 is 0 Å². The summed E-state index contributed by atoms with van der Waals surface area (Å²) in [5.74, 6) is -0.0541. The summed E-state index contributed by atoms with van der Waals surface area (Å²) < 4.78 is 26.6. The van der Waals surface area contributed by atoms with Crippen LogP contribution in [0.5, 0.6) is 0 Å². The molecule has 1 saturated heterocycles. The highest BCUT2D eigenvalue weighted by Gasteiger charge is 2.25. The molecule has 166 valence electrons. The van der Waals surface area contributed by atoms with Gasteiger partial charge >= 0.3 is 0 Å². The highest BCUT2D eigenvalue weighted by atomic mass is 35.5. The average Bonchev–Trinajstić information content (AvgIpc) is 3.13. The summed E-state index contributed by atoms with van der Waals surface area (Å²) in [4.78, 5) is 21.7. The number of carbonyl (C=O) groups is 1. The fourth-order valence-electron chi connectivity index (χ4n) is 3.44. The zero-order valence-corrected chi connectivity index (χ0v) is 20.0. The van der Waals surface area contributed by atoms with Crippen LogP contribution in [0, 0.1) is 6.92 Å². The molecule has 2 aromatic rings. The van der Waals surface area contributed by atoms with Crippen molar-refractivity contribution >= 4 is 39.7 Å². The smallest absolute Gasteiger partial charge is 0.253 e. The molecular weight excluding hydrogens is 444 g/mol. The van der Waals surface area contributed by atoms with Crippen LogP contribution in [0.4, 0.5) is 0 Å². The minimum atomic E-state index is -3.51. The fourth-order valence-corrected chi connectivity index (χ4v) is 5.71. The quantitative estimate of drug-likeness (QED) is 0.619. The maximum Gasteiger partial charge on any atom is 0.253 e. The van der Waals surface area contributed by atoms with Crippen molar-refractivity contribution in [3.8, 4) is 0 Å². The molecule has 1 amide bonds. The summed E-state index contributed by atoms with van der Waals surface area (Å²) in [6, 6.07) is 6.29. The van der Waals surface area contributed by atoms with Crippen LogP contribution >= 0.6 is 23.7 Å². The Morgan fingerprint density at radius 2 is 1.70 bits per heavy atom. The van der Waals surface area contributed by atoms with Crippen molar-refractivity contribution in [2.75, 3.05) is 39.3 Å². The van der Waals surface area contributed by atoms with E-state index in [2.05, 4.69) is 15.3 Å². The van der Waals surface area contributed by atoms with Gasteiger partial charge in [0.1, 0.15) is 5.01 Å². The first-order chi connectivity index (χ1) is 13.8. The molecule has 0 bridgehead atoms. The van der Waals surface area contributed by atoms with Gasteiger partial charge in [0.25, 0.3) is 5.91 Å². The Labute approximate surface area is 189 Å². The van der Waals surface area contributed by atoms with Crippen molar-refractivity contribution in [3.05, 3.63) is 45.9 Å². The molecule has 0 aliphatic carbocycles. The van der Waals surface area contributed by atoms with Gasteiger partial charge < -0.3 is 4.90 Å². The fraction of sp³-hybridized carbons (Fsp3) is 0.500. The van der Waals surface area contributed by atoms with E-state index in [1.165, 1.54) is 16.4 Å². The summed E-state index contributed by atoms with van der Waals surface area (Å²) in [7, 11) is -3.51. The number of thiazole rings is 1. The lowest BCUT2D eigenvalue weighted by Gasteiger charge is -2.34. The largest absolute Gasteiger partial charge is 0.336 e. The molecule has 1 aliphatic heterocycles. The predicted molar refractivity (Wildman–Crippen MR) is 122 cm³/mol. The van der Waals surface area contributed by atoms with Crippen LogP contribution in [0.2, 0.25) is 0 Å². The van der Waals surface area contributed by atoms with Crippen LogP contribution in [0.1, 0.15) is 34.9 Å². The van der Waals surface area contributed by atoms with Gasteiger partial charge in [0.05, 0.1) is 11.4 Å². The van der Waals surface area contributed by atoms with E-state index in [0.717, 1.165) is 30.3 Å². The SMILES string of the molecule is CCN(CC)S(=O)(=O)c1ccc(C(=O)N2CCN(Cc3nc(C)cs3)CC2)cc1.Cl. The van der Waals surface area contributed by atoms with Crippen LogP contribution < -0.4 is 0 Å². The topological polar surface area (TPSA) is 73.8 Å². The molecule has 1 aliphatic rings. The van der Waals surface area contributed by atoms with E-state index in [4.69, 9.17) is 0 Å². The second-order valence-electron chi connectivity index (χ2n) is 7.06. The first kappa shape index (κ1) is 24.7. The summed E-state index contributed by atoms with van der Waals surface area (Å²) >= 11 is 1.67. The summed E-state index contributed by atoms with van der Waals surface area (Å²) in [6.45, 7) is 10.2. The number of carbonyl (C=O) groups excluding carboxylic acids is 1. The van der Waals surface area contributed by atoms with Gasteiger partial charge in [-0.2, -0.15) is 4.31 Å². The molecule has 0 spiro atoms. The van der Waals surface area contributed by atoms with Gasteiger partial charge in [-0.15, -0.1) is 23.7 Å². The lowest BCUT2D eigenvalue weighted by atomic mass is 10.2. The van der Waals surface area contributed by atoms with Crippen LogP contribution in [-0.4, -0.2) is 72.7 Å². The number of piperazine rings is 1. The van der Waals surface area contributed by atoms with Crippen LogP contribution in [0.15, 0.2) is 34.5 Å². The van der Waals surface area contributed by atoms with Gasteiger partial charge in [0.2, 0.25) is 10.0 Å². The number of aryl methyl sites for hydroxylation is 1. The molecule has 0 N–H and O–H groups in total. The maximum atomic E-state index is 12.8. The Hall–Kier alpha value is -1.52. The third-order valence-electron chi connectivity index (χ3n) is 5.13. The van der Waals surface area contributed by atoms with E-state index < -0.39 is 10.0 Å². The molecule has 1 fully saturated rings. The lowest BCUT2D eigenvalue weighted by molar-refractivity contribution is 0.0628. The number of halogens is 1. The standard InChI is InChI=1S/C20H28N4O3S2.ClH/c1-4-24(5-2)29(26,27)18-8-6-17(7-9-18)20(25)23-12-10-22(11-13-23)14-19-21-16(3)15-28-19;/h6-9,15H,4-5,10-14H2,1-3H3;1H. The molecule has 2 heterocycles. The molecule has 30 heavy (non-hydrogen) atoms. The van der Waals surface area contributed by atoms with Crippen molar-refractivity contribution in [2.24, 2.45) is 0 Å². The number of sulfonamides is 1. The van der Waals surface area contributed by atoms with Gasteiger partial charge in [-0.1, -0.05) is 13.8 Å². The van der Waals surface area contributed by atoms with E-state index in [1.54, 1.807) is 23.5 Å². The predicted octanol–water partition coefficient (Wildman–Crippen LogP) is 2.86. The van der Waals surface area contributed by atoms with E-state index in [9.17, 15) is 13.2 Å². The van der Waals surface area contributed by atoms with E-state index in [1.807, 2.05) is 25.7 Å². The number of benzene rings is 1. The Balaban J connectivity index is 0.00000320. The maximum absolute atomic E-state index is 12.8. The zero-order valence-electron chi connectivity index (χ0n) is 17.6. The second-order valence-corrected chi connectivity index (χ2v) is 9.95. The molecule has 0 radical (unpaired) electrons. The van der Waals surface area contributed by atoms with Crippen molar-refractivity contribution in [1.29, 1.82) is 0 Å². The normalized spacial score (nSPS) is 15.3. The summed E-state index contributed by atoms with van der Waals surface area (Å²) in [5, 5.41) is 3.16. The lowest BCUT2D eigenvalue weighted by Crippen LogP contribution is -2.48. The molecule has 0 saturated carbocycles. The first-order valence-electron chi connectivity index (χ1n) is 9.88. The molecular formula is C20H29ClN4O3S2. The molecule has 10 heteroatoms.